The molecule has 0 radical (unpaired) electrons. The number of benzene rings is 1. The number of imidazole rings is 1. The van der Waals surface area contributed by atoms with Gasteiger partial charge in [0, 0.05) is 24.9 Å². The van der Waals surface area contributed by atoms with Crippen LogP contribution in [-0.2, 0) is 11.3 Å². The normalized spacial score (nSPS) is 12.4. The number of aryl methyl sites for hydroxylation is 1. The highest BCUT2D eigenvalue weighted by Crippen LogP contribution is 2.44. The fourth-order valence-electron chi connectivity index (χ4n) is 3.18. The molecule has 1 amide bonds. The third-order valence-corrected chi connectivity index (χ3v) is 5.76. The number of nitrogens with one attached hydrogen (secondary N) is 1. The predicted octanol–water partition coefficient (Wildman–Crippen LogP) is 2.08. The van der Waals surface area contributed by atoms with Crippen LogP contribution in [0.15, 0.2) is 45.4 Å². The van der Waals surface area contributed by atoms with Gasteiger partial charge in [0.05, 0.1) is 11.8 Å². The minimum atomic E-state index is -0.0941. The summed E-state index contributed by atoms with van der Waals surface area (Å²) in [6.07, 6.45) is 4.71. The molecule has 0 saturated heterocycles. The standard InChI is InChI=1S/C19H17N7O4S/c1-21-14(27)2-4-26-17-15(16(20)23-8-24-17)25-19(26)31-13-7-12-11(29-9-30-12)6-10(13)18-22-3-5-28-18/h3,5-8H,2,4,9H2,1H3,(H,21,27)(H2,20,23,24). The van der Waals surface area contributed by atoms with E-state index in [1.165, 1.54) is 24.4 Å². The van der Waals surface area contributed by atoms with Crippen molar-refractivity contribution in [1.82, 2.24) is 29.8 Å². The molecule has 11 nitrogen and oxygen atoms in total. The number of rotatable bonds is 6. The van der Waals surface area contributed by atoms with Crippen LogP contribution >= 0.6 is 11.8 Å². The summed E-state index contributed by atoms with van der Waals surface area (Å²) in [7, 11) is 1.60. The van der Waals surface area contributed by atoms with Crippen LogP contribution in [0.4, 0.5) is 5.82 Å². The van der Waals surface area contributed by atoms with E-state index in [0.717, 1.165) is 10.5 Å². The van der Waals surface area contributed by atoms with E-state index in [9.17, 15) is 4.79 Å². The number of nitrogen functional groups attached to an aromatic ring is 1. The number of anilines is 1. The molecule has 5 rings (SSSR count). The first-order valence-electron chi connectivity index (χ1n) is 9.32. The maximum Gasteiger partial charge on any atom is 0.231 e. The van der Waals surface area contributed by atoms with Gasteiger partial charge in [0.15, 0.2) is 33.6 Å². The summed E-state index contributed by atoms with van der Waals surface area (Å²) in [5.41, 5.74) is 7.77. The number of hydrogen-bond acceptors (Lipinski definition) is 10. The van der Waals surface area contributed by atoms with Crippen LogP contribution in [0, 0.1) is 0 Å². The number of carbonyl (C=O) groups excluding carboxylic acids is 1. The Kier molecular flexibility index (Phi) is 4.82. The predicted molar refractivity (Wildman–Crippen MR) is 111 cm³/mol. The summed E-state index contributed by atoms with van der Waals surface area (Å²) in [6, 6.07) is 3.67. The van der Waals surface area contributed by atoms with Crippen molar-refractivity contribution in [2.45, 2.75) is 23.0 Å². The first-order chi connectivity index (χ1) is 15.1. The van der Waals surface area contributed by atoms with Gasteiger partial charge in [0.2, 0.25) is 18.6 Å². The molecule has 0 aliphatic carbocycles. The van der Waals surface area contributed by atoms with Gasteiger partial charge in [-0.25, -0.2) is 19.9 Å². The molecule has 158 valence electrons. The van der Waals surface area contributed by atoms with Crippen molar-refractivity contribution in [1.29, 1.82) is 0 Å². The van der Waals surface area contributed by atoms with Gasteiger partial charge in [-0.15, -0.1) is 0 Å². The molecule has 1 aliphatic heterocycles. The largest absolute Gasteiger partial charge is 0.454 e. The fraction of sp³-hybridized carbons (Fsp3) is 0.211. The molecule has 1 aromatic carbocycles. The zero-order valence-electron chi connectivity index (χ0n) is 16.4. The summed E-state index contributed by atoms with van der Waals surface area (Å²) in [6.45, 7) is 0.513. The summed E-state index contributed by atoms with van der Waals surface area (Å²) < 4.78 is 18.4. The highest BCUT2D eigenvalue weighted by molar-refractivity contribution is 7.99. The molecule has 0 bridgehead atoms. The van der Waals surface area contributed by atoms with E-state index in [1.807, 2.05) is 16.7 Å². The van der Waals surface area contributed by atoms with Crippen molar-refractivity contribution in [2.24, 2.45) is 0 Å². The molecule has 31 heavy (non-hydrogen) atoms. The Morgan fingerprint density at radius 1 is 1.26 bits per heavy atom. The second kappa shape index (κ2) is 7.80. The lowest BCUT2D eigenvalue weighted by molar-refractivity contribution is -0.120. The van der Waals surface area contributed by atoms with Gasteiger partial charge in [-0.3, -0.25) is 4.79 Å². The Morgan fingerprint density at radius 2 is 2.10 bits per heavy atom. The molecule has 3 N–H and O–H groups in total. The molecule has 0 saturated carbocycles. The molecule has 12 heteroatoms. The number of fused-ring (bicyclic) bond motifs is 2. The number of nitrogens with two attached hydrogens (primary N) is 1. The van der Waals surface area contributed by atoms with Gasteiger partial charge in [-0.2, -0.15) is 0 Å². The Labute approximate surface area is 180 Å². The number of amides is 1. The Bertz CT molecular complexity index is 1270. The Hall–Kier alpha value is -3.80. The van der Waals surface area contributed by atoms with E-state index in [1.54, 1.807) is 13.2 Å². The van der Waals surface area contributed by atoms with Crippen LogP contribution in [-0.4, -0.2) is 44.3 Å². The number of aromatic nitrogens is 5. The molecule has 4 aromatic rings. The quantitative estimate of drug-likeness (QED) is 0.458. The number of ether oxygens (including phenoxy) is 2. The first-order valence-corrected chi connectivity index (χ1v) is 10.1. The molecule has 4 heterocycles. The monoisotopic (exact) mass is 439 g/mol. The van der Waals surface area contributed by atoms with Crippen molar-refractivity contribution in [3.05, 3.63) is 30.9 Å². The summed E-state index contributed by atoms with van der Waals surface area (Å²) in [5, 5.41) is 3.22. The highest BCUT2D eigenvalue weighted by Gasteiger charge is 2.23. The molecule has 0 atom stereocenters. The molecule has 0 unspecified atom stereocenters. The van der Waals surface area contributed by atoms with Crippen LogP contribution < -0.4 is 20.5 Å². The average molecular weight is 439 g/mol. The fourth-order valence-corrected chi connectivity index (χ4v) is 4.23. The first kappa shape index (κ1) is 19.2. The number of hydrogen-bond donors (Lipinski definition) is 2. The van der Waals surface area contributed by atoms with E-state index in [0.29, 0.717) is 40.3 Å². The molecule has 0 spiro atoms. The van der Waals surface area contributed by atoms with Crippen molar-refractivity contribution >= 4 is 34.7 Å². The minimum absolute atomic E-state index is 0.0941. The number of nitrogens with zero attached hydrogens (tertiary/aromatic N) is 5. The van der Waals surface area contributed by atoms with Crippen LogP contribution in [0.3, 0.4) is 0 Å². The van der Waals surface area contributed by atoms with Gasteiger partial charge in [-0.05, 0) is 12.1 Å². The number of carbonyl (C=O) groups is 1. The topological polar surface area (TPSA) is 143 Å². The van der Waals surface area contributed by atoms with Crippen molar-refractivity contribution in [2.75, 3.05) is 19.6 Å². The van der Waals surface area contributed by atoms with Gasteiger partial charge in [0.1, 0.15) is 12.6 Å². The molecule has 3 aromatic heterocycles. The van der Waals surface area contributed by atoms with Crippen LogP contribution in [0.2, 0.25) is 0 Å². The zero-order chi connectivity index (χ0) is 21.4. The van der Waals surface area contributed by atoms with Crippen LogP contribution in [0.1, 0.15) is 6.42 Å². The van der Waals surface area contributed by atoms with E-state index in [2.05, 4.69) is 25.3 Å². The number of oxazole rings is 1. The maximum atomic E-state index is 11.9. The van der Waals surface area contributed by atoms with E-state index < -0.39 is 0 Å². The third-order valence-electron chi connectivity index (χ3n) is 4.71. The summed E-state index contributed by atoms with van der Waals surface area (Å²) >= 11 is 1.36. The van der Waals surface area contributed by atoms with Gasteiger partial charge >= 0.3 is 0 Å². The summed E-state index contributed by atoms with van der Waals surface area (Å²) in [4.78, 5) is 29.9. The SMILES string of the molecule is CNC(=O)CCn1c(Sc2cc3c(cc2-c2ncco2)OCO3)nc2c(N)ncnc21. The Morgan fingerprint density at radius 3 is 2.87 bits per heavy atom. The third kappa shape index (κ3) is 3.50. The molecule has 0 fully saturated rings. The van der Waals surface area contributed by atoms with Crippen molar-refractivity contribution < 1.29 is 18.7 Å². The molecular weight excluding hydrogens is 422 g/mol. The van der Waals surface area contributed by atoms with Gasteiger partial charge in [-0.1, -0.05) is 11.8 Å². The van der Waals surface area contributed by atoms with Gasteiger partial charge < -0.3 is 29.5 Å². The zero-order valence-corrected chi connectivity index (χ0v) is 17.2. The highest BCUT2D eigenvalue weighted by atomic mass is 32.2. The van der Waals surface area contributed by atoms with Crippen LogP contribution in [0.5, 0.6) is 11.5 Å². The Balaban J connectivity index is 1.61. The maximum absolute atomic E-state index is 11.9. The second-order valence-corrected chi connectivity index (χ2v) is 7.55. The van der Waals surface area contributed by atoms with E-state index in [4.69, 9.17) is 19.6 Å². The van der Waals surface area contributed by atoms with Crippen LogP contribution in [0.25, 0.3) is 22.6 Å². The molecular formula is C19H17N7O4S. The van der Waals surface area contributed by atoms with E-state index in [-0.39, 0.29) is 24.9 Å². The van der Waals surface area contributed by atoms with Gasteiger partial charge in [0.25, 0.3) is 0 Å². The lowest BCUT2D eigenvalue weighted by atomic mass is 10.2. The van der Waals surface area contributed by atoms with E-state index >= 15 is 0 Å². The average Bonchev–Trinajstić information content (AvgIpc) is 3.52. The van der Waals surface area contributed by atoms with Crippen molar-refractivity contribution in [3.63, 3.8) is 0 Å². The summed E-state index contributed by atoms with van der Waals surface area (Å²) in [5.74, 6) is 1.84. The smallest absolute Gasteiger partial charge is 0.231 e. The molecule has 1 aliphatic rings. The second-order valence-electron chi connectivity index (χ2n) is 6.54. The minimum Gasteiger partial charge on any atom is -0.454 e. The van der Waals surface area contributed by atoms with Crippen molar-refractivity contribution in [3.8, 4) is 23.0 Å². The lowest BCUT2D eigenvalue weighted by Crippen LogP contribution is -2.19. The lowest BCUT2D eigenvalue weighted by Gasteiger charge is -2.10.